The van der Waals surface area contributed by atoms with Gasteiger partial charge in [-0.05, 0) is 37.5 Å². The molecule has 0 radical (unpaired) electrons. The number of thiazole rings is 1. The van der Waals surface area contributed by atoms with Crippen LogP contribution in [0.5, 0.6) is 17.2 Å². The zero-order valence-electron chi connectivity index (χ0n) is 20.8. The Labute approximate surface area is 222 Å². The van der Waals surface area contributed by atoms with Gasteiger partial charge in [-0.1, -0.05) is 12.1 Å². The first kappa shape index (κ1) is 24.3. The standard InChI is InChI=1S/C28H26FN5O3S/c1-17-31-13-24(38-17)15-36-22-10-19(29)11-23(12-22)37-21-4-2-18(3-5-21)25-14-34(20-6-8-35-9-7-20)28-26(25)27(30)32-16-33-28/h2-5,10-14,16,20H,6-9,15H2,1H3,(H2,30,32,33). The van der Waals surface area contributed by atoms with E-state index in [1.54, 1.807) is 23.6 Å². The lowest BCUT2D eigenvalue weighted by molar-refractivity contribution is 0.0706. The summed E-state index contributed by atoms with van der Waals surface area (Å²) in [7, 11) is 0. The van der Waals surface area contributed by atoms with Crippen molar-refractivity contribution in [1.82, 2.24) is 19.5 Å². The van der Waals surface area contributed by atoms with Crippen molar-refractivity contribution in [2.75, 3.05) is 18.9 Å². The van der Waals surface area contributed by atoms with Crippen LogP contribution in [-0.4, -0.2) is 32.7 Å². The van der Waals surface area contributed by atoms with E-state index in [1.807, 2.05) is 31.2 Å². The molecule has 2 aromatic carbocycles. The third-order valence-corrected chi connectivity index (χ3v) is 7.41. The molecular formula is C28H26FN5O3S. The predicted octanol–water partition coefficient (Wildman–Crippen LogP) is 6.31. The molecule has 38 heavy (non-hydrogen) atoms. The van der Waals surface area contributed by atoms with Crippen LogP contribution >= 0.6 is 11.3 Å². The topological polar surface area (TPSA) is 97.3 Å². The van der Waals surface area contributed by atoms with Crippen LogP contribution in [0.15, 0.2) is 61.2 Å². The first-order valence-corrected chi connectivity index (χ1v) is 13.2. The smallest absolute Gasteiger partial charge is 0.146 e. The van der Waals surface area contributed by atoms with Crippen molar-refractivity contribution in [2.45, 2.75) is 32.4 Å². The lowest BCUT2D eigenvalue weighted by Crippen LogP contribution is -2.19. The van der Waals surface area contributed by atoms with Gasteiger partial charge in [0.25, 0.3) is 0 Å². The fourth-order valence-corrected chi connectivity index (χ4v) is 5.42. The molecule has 8 nitrogen and oxygen atoms in total. The van der Waals surface area contributed by atoms with Crippen LogP contribution in [-0.2, 0) is 11.3 Å². The Balaban J connectivity index is 1.23. The van der Waals surface area contributed by atoms with Gasteiger partial charge >= 0.3 is 0 Å². The summed E-state index contributed by atoms with van der Waals surface area (Å²) < 4.78 is 33.7. The van der Waals surface area contributed by atoms with Crippen molar-refractivity contribution in [3.05, 3.63) is 76.9 Å². The molecule has 0 amide bonds. The number of fused-ring (bicyclic) bond motifs is 1. The highest BCUT2D eigenvalue weighted by molar-refractivity contribution is 7.11. The van der Waals surface area contributed by atoms with Crippen molar-refractivity contribution in [2.24, 2.45) is 0 Å². The van der Waals surface area contributed by atoms with Crippen LogP contribution in [0.4, 0.5) is 10.2 Å². The minimum Gasteiger partial charge on any atom is -0.488 e. The summed E-state index contributed by atoms with van der Waals surface area (Å²) in [5.41, 5.74) is 9.03. The molecule has 0 unspecified atom stereocenters. The van der Waals surface area contributed by atoms with E-state index in [2.05, 4.69) is 25.7 Å². The third-order valence-electron chi connectivity index (χ3n) is 6.52. The van der Waals surface area contributed by atoms with Gasteiger partial charge < -0.3 is 24.5 Å². The number of nitrogen functional groups attached to an aromatic ring is 1. The van der Waals surface area contributed by atoms with E-state index in [0.29, 0.717) is 35.7 Å². The van der Waals surface area contributed by atoms with Crippen LogP contribution in [0.1, 0.15) is 28.8 Å². The maximum atomic E-state index is 14.3. The van der Waals surface area contributed by atoms with Crippen LogP contribution in [0.2, 0.25) is 0 Å². The maximum absolute atomic E-state index is 14.3. The summed E-state index contributed by atoms with van der Waals surface area (Å²) in [6.07, 6.45) is 7.21. The second-order valence-corrected chi connectivity index (χ2v) is 10.5. The molecule has 0 aliphatic carbocycles. The third kappa shape index (κ3) is 5.05. The normalized spacial score (nSPS) is 14.2. The van der Waals surface area contributed by atoms with E-state index in [4.69, 9.17) is 19.9 Å². The van der Waals surface area contributed by atoms with E-state index < -0.39 is 5.82 Å². The average Bonchev–Trinajstić information content (AvgIpc) is 3.52. The Bertz CT molecular complexity index is 1580. The van der Waals surface area contributed by atoms with E-state index >= 15 is 0 Å². The van der Waals surface area contributed by atoms with Crippen LogP contribution in [0.25, 0.3) is 22.2 Å². The van der Waals surface area contributed by atoms with Gasteiger partial charge in [0.05, 0.1) is 15.3 Å². The number of nitrogens with two attached hydrogens (primary N) is 1. The van der Waals surface area contributed by atoms with E-state index in [0.717, 1.165) is 58.1 Å². The Kier molecular flexibility index (Phi) is 6.65. The molecule has 3 aromatic heterocycles. The zero-order chi connectivity index (χ0) is 26.1. The first-order chi connectivity index (χ1) is 18.5. The lowest BCUT2D eigenvalue weighted by atomic mass is 10.1. The highest BCUT2D eigenvalue weighted by Crippen LogP contribution is 2.37. The van der Waals surface area contributed by atoms with Gasteiger partial charge in [0, 0.05) is 55.4 Å². The lowest BCUT2D eigenvalue weighted by Gasteiger charge is -2.24. The molecule has 1 aliphatic rings. The Morgan fingerprint density at radius 1 is 1.05 bits per heavy atom. The number of hydrogen-bond acceptors (Lipinski definition) is 8. The molecule has 0 spiro atoms. The molecule has 0 bridgehead atoms. The molecule has 0 atom stereocenters. The minimum absolute atomic E-state index is 0.293. The van der Waals surface area contributed by atoms with Crippen molar-refractivity contribution >= 4 is 28.2 Å². The number of anilines is 1. The molecule has 1 fully saturated rings. The highest BCUT2D eigenvalue weighted by atomic mass is 32.1. The number of ether oxygens (including phenoxy) is 3. The largest absolute Gasteiger partial charge is 0.488 e. The van der Waals surface area contributed by atoms with E-state index in [-0.39, 0.29) is 0 Å². The van der Waals surface area contributed by atoms with Gasteiger partial charge in [-0.3, -0.25) is 0 Å². The van der Waals surface area contributed by atoms with Gasteiger partial charge in [-0.25, -0.2) is 19.3 Å². The monoisotopic (exact) mass is 531 g/mol. The second-order valence-electron chi connectivity index (χ2n) is 9.13. The fraction of sp³-hybridized carbons (Fsp3) is 0.250. The average molecular weight is 532 g/mol. The van der Waals surface area contributed by atoms with Crippen LogP contribution in [0, 0.1) is 12.7 Å². The quantitative estimate of drug-likeness (QED) is 0.263. The number of halogens is 1. The molecule has 0 saturated carbocycles. The maximum Gasteiger partial charge on any atom is 0.146 e. The molecule has 6 rings (SSSR count). The molecule has 194 valence electrons. The fourth-order valence-electron chi connectivity index (χ4n) is 4.71. The molecule has 4 heterocycles. The van der Waals surface area contributed by atoms with Crippen molar-refractivity contribution in [3.8, 4) is 28.4 Å². The molecule has 2 N–H and O–H groups in total. The number of rotatable bonds is 7. The van der Waals surface area contributed by atoms with Crippen molar-refractivity contribution < 1.29 is 18.6 Å². The number of aromatic nitrogens is 4. The number of nitrogens with zero attached hydrogens (tertiary/aromatic N) is 4. The SMILES string of the molecule is Cc1ncc(COc2cc(F)cc(Oc3ccc(-c4cn(C5CCOCC5)c5ncnc(N)c45)cc3)c2)s1. The van der Waals surface area contributed by atoms with Gasteiger partial charge in [0.15, 0.2) is 0 Å². The van der Waals surface area contributed by atoms with E-state index in [9.17, 15) is 4.39 Å². The van der Waals surface area contributed by atoms with E-state index in [1.165, 1.54) is 18.5 Å². The number of hydrogen-bond donors (Lipinski definition) is 1. The van der Waals surface area contributed by atoms with Crippen molar-refractivity contribution in [1.29, 1.82) is 0 Å². The minimum atomic E-state index is -0.439. The number of aryl methyl sites for hydroxylation is 1. The molecule has 1 aliphatic heterocycles. The van der Waals surface area contributed by atoms with Gasteiger partial charge in [0.2, 0.25) is 0 Å². The number of benzene rings is 2. The van der Waals surface area contributed by atoms with Gasteiger partial charge in [-0.2, -0.15) is 0 Å². The molecule has 5 aromatic rings. The van der Waals surface area contributed by atoms with Crippen molar-refractivity contribution in [3.63, 3.8) is 0 Å². The molecule has 10 heteroatoms. The second kappa shape index (κ2) is 10.4. The Hall–Kier alpha value is -4.02. The zero-order valence-corrected chi connectivity index (χ0v) is 21.6. The highest BCUT2D eigenvalue weighted by Gasteiger charge is 2.22. The summed E-state index contributed by atoms with van der Waals surface area (Å²) in [6, 6.07) is 12.2. The predicted molar refractivity (Wildman–Crippen MR) is 144 cm³/mol. The molecular weight excluding hydrogens is 505 g/mol. The van der Waals surface area contributed by atoms with Gasteiger partial charge in [-0.15, -0.1) is 11.3 Å². The van der Waals surface area contributed by atoms with Crippen LogP contribution < -0.4 is 15.2 Å². The summed E-state index contributed by atoms with van der Waals surface area (Å²) >= 11 is 1.54. The molecule has 1 saturated heterocycles. The summed E-state index contributed by atoms with van der Waals surface area (Å²) in [4.78, 5) is 14.0. The summed E-state index contributed by atoms with van der Waals surface area (Å²) in [6.45, 7) is 3.70. The summed E-state index contributed by atoms with van der Waals surface area (Å²) in [5, 5.41) is 1.79. The van der Waals surface area contributed by atoms with Gasteiger partial charge in [0.1, 0.15) is 47.5 Å². The Morgan fingerprint density at radius 2 is 1.84 bits per heavy atom. The van der Waals surface area contributed by atoms with Crippen LogP contribution in [0.3, 0.4) is 0 Å². The first-order valence-electron chi connectivity index (χ1n) is 12.4. The Morgan fingerprint density at radius 3 is 2.61 bits per heavy atom. The summed E-state index contributed by atoms with van der Waals surface area (Å²) in [5.74, 6) is 1.31.